The normalized spacial score (nSPS) is 14.2. The van der Waals surface area contributed by atoms with Gasteiger partial charge in [-0.1, -0.05) is 96.2 Å². The Bertz CT molecular complexity index is 2310. The molecule has 65 heavy (non-hydrogen) atoms. The zero-order valence-corrected chi connectivity index (χ0v) is 43.6. The van der Waals surface area contributed by atoms with Gasteiger partial charge in [0.1, 0.15) is 10.7 Å². The highest BCUT2D eigenvalue weighted by Crippen LogP contribution is 2.31. The number of aryl methyl sites for hydroxylation is 2. The first kappa shape index (κ1) is 53.2. The van der Waals surface area contributed by atoms with Crippen molar-refractivity contribution in [3.8, 4) is 0 Å². The number of halogens is 1. The number of carbonyl (C=O) groups is 2. The molecule has 2 aliphatic heterocycles. The Morgan fingerprint density at radius 1 is 0.769 bits per heavy atom. The zero-order valence-electron chi connectivity index (χ0n) is 38.2. The number of likely N-dealkylation sites (N-methyl/N-ethyl adjacent to an activating group) is 2. The van der Waals surface area contributed by atoms with E-state index in [0.717, 1.165) is 93.5 Å². The van der Waals surface area contributed by atoms with E-state index in [1.807, 2.05) is 79.7 Å². The second kappa shape index (κ2) is 27.3. The number of benzene rings is 4. The number of thiocarbonyl (C=S) groups is 1. The molecule has 2 aliphatic rings. The van der Waals surface area contributed by atoms with E-state index in [1.165, 1.54) is 40.0 Å². The van der Waals surface area contributed by atoms with Crippen LogP contribution in [0.25, 0.3) is 0 Å². The van der Waals surface area contributed by atoms with Crippen molar-refractivity contribution in [3.63, 3.8) is 0 Å². The summed E-state index contributed by atoms with van der Waals surface area (Å²) in [6.45, 7) is 14.8. The molecule has 0 radical (unpaired) electrons. The molecule has 2 fully saturated rings. The number of thiazole rings is 1. The molecule has 1 aromatic heterocycles. The van der Waals surface area contributed by atoms with Crippen molar-refractivity contribution < 1.29 is 9.59 Å². The summed E-state index contributed by atoms with van der Waals surface area (Å²) in [6, 6.07) is 32.0. The fraction of sp³-hybridized carbons (Fsp3) is 0.354. The van der Waals surface area contributed by atoms with Gasteiger partial charge in [0.25, 0.3) is 0 Å². The van der Waals surface area contributed by atoms with Gasteiger partial charge in [-0.15, -0.1) is 0 Å². The van der Waals surface area contributed by atoms with E-state index in [4.69, 9.17) is 23.7 Å². The van der Waals surface area contributed by atoms with Crippen LogP contribution in [0.1, 0.15) is 57.5 Å². The number of nitrogens with two attached hydrogens (primary N) is 2. The largest absolute Gasteiger partial charge is 0.382 e. The SMILES string of the molecule is CCSC(N)=NC(=S)Nc1ccc(N2CCN(C)CC2)cc1.CCc1cccc(C(=O)CBr)c1.CCc1cccc(C(=O)c2sc(Nc3ccc(N4CCN(C)CC4)cc3)nc2N)c1.P. The topological polar surface area (TPSA) is 148 Å². The van der Waals surface area contributed by atoms with Gasteiger partial charge < -0.3 is 41.7 Å². The minimum Gasteiger partial charge on any atom is -0.382 e. The maximum Gasteiger partial charge on any atom is 0.206 e. The number of aromatic nitrogens is 1. The Morgan fingerprint density at radius 2 is 1.26 bits per heavy atom. The van der Waals surface area contributed by atoms with Crippen molar-refractivity contribution in [1.82, 2.24) is 14.8 Å². The molecule has 6 N–H and O–H groups in total. The lowest BCUT2D eigenvalue weighted by molar-refractivity contribution is 0.102. The number of nitrogens with one attached hydrogen (secondary N) is 2. The summed E-state index contributed by atoms with van der Waals surface area (Å²) in [5, 5.41) is 8.28. The van der Waals surface area contributed by atoms with Crippen LogP contribution in [0.4, 0.5) is 33.7 Å². The molecular formula is C48H64BrN10O2PS3. The van der Waals surface area contributed by atoms with Gasteiger partial charge in [-0.25, -0.2) is 4.98 Å². The molecule has 0 saturated carbocycles. The zero-order chi connectivity index (χ0) is 46.0. The quantitative estimate of drug-likeness (QED) is 0.0236. The van der Waals surface area contributed by atoms with Crippen LogP contribution in [-0.2, 0) is 12.8 Å². The first-order valence-electron chi connectivity index (χ1n) is 21.6. The third-order valence-electron chi connectivity index (χ3n) is 10.7. The van der Waals surface area contributed by atoms with Crippen LogP contribution in [0.5, 0.6) is 0 Å². The molecule has 17 heteroatoms. The Morgan fingerprint density at radius 3 is 1.75 bits per heavy atom. The summed E-state index contributed by atoms with van der Waals surface area (Å²) >= 11 is 11.1. The van der Waals surface area contributed by atoms with E-state index in [9.17, 15) is 9.59 Å². The maximum absolute atomic E-state index is 12.9. The van der Waals surface area contributed by atoms with E-state index in [2.05, 4.69) is 108 Å². The van der Waals surface area contributed by atoms with Gasteiger partial charge in [0.15, 0.2) is 21.2 Å². The van der Waals surface area contributed by atoms with Crippen LogP contribution in [0.2, 0.25) is 0 Å². The molecule has 0 bridgehead atoms. The van der Waals surface area contributed by atoms with Crippen LogP contribution in [0.15, 0.2) is 102 Å². The van der Waals surface area contributed by atoms with E-state index < -0.39 is 0 Å². The number of nitrogens with zero attached hydrogens (tertiary/aromatic N) is 6. The molecule has 5 aromatic rings. The van der Waals surface area contributed by atoms with Gasteiger partial charge in [0, 0.05) is 86.2 Å². The van der Waals surface area contributed by atoms with Crippen LogP contribution in [0.3, 0.4) is 0 Å². The summed E-state index contributed by atoms with van der Waals surface area (Å²) in [5.41, 5.74) is 19.9. The molecule has 4 aromatic carbocycles. The van der Waals surface area contributed by atoms with Crippen molar-refractivity contribution in [2.45, 2.75) is 33.6 Å². The van der Waals surface area contributed by atoms with Gasteiger partial charge in [0.05, 0.1) is 5.33 Å². The predicted octanol–water partition coefficient (Wildman–Crippen LogP) is 9.10. The lowest BCUT2D eigenvalue weighted by atomic mass is 10.1. The van der Waals surface area contributed by atoms with E-state index in [0.29, 0.717) is 31.2 Å². The van der Waals surface area contributed by atoms with E-state index in [1.54, 1.807) is 0 Å². The van der Waals surface area contributed by atoms with Crippen molar-refractivity contribution in [2.24, 2.45) is 10.7 Å². The number of nitrogen functional groups attached to an aromatic ring is 1. The number of aliphatic imine (C=N–C) groups is 1. The van der Waals surface area contributed by atoms with Crippen molar-refractivity contribution >= 4 is 117 Å². The average Bonchev–Trinajstić information content (AvgIpc) is 3.69. The second-order valence-corrected chi connectivity index (χ2v) is 18.6. The smallest absolute Gasteiger partial charge is 0.206 e. The number of piperazine rings is 2. The van der Waals surface area contributed by atoms with Gasteiger partial charge in [-0.05, 0) is 117 Å². The summed E-state index contributed by atoms with van der Waals surface area (Å²) in [4.78, 5) is 42.6. The number of anilines is 6. The third-order valence-corrected chi connectivity index (χ3v) is 13.1. The molecule has 1 unspecified atom stereocenters. The Hall–Kier alpha value is -4.41. The summed E-state index contributed by atoms with van der Waals surface area (Å²) < 4.78 is 0. The Balaban J connectivity index is 0.000000232. The summed E-state index contributed by atoms with van der Waals surface area (Å²) in [6.07, 6.45) is 1.86. The predicted molar refractivity (Wildman–Crippen MR) is 292 cm³/mol. The number of alkyl halides is 1. The Kier molecular flexibility index (Phi) is 22.3. The van der Waals surface area contributed by atoms with Gasteiger partial charge >= 0.3 is 0 Å². The Labute approximate surface area is 410 Å². The first-order valence-corrected chi connectivity index (χ1v) is 24.9. The van der Waals surface area contributed by atoms with Crippen molar-refractivity contribution in [1.29, 1.82) is 0 Å². The molecule has 0 aliphatic carbocycles. The monoisotopic (exact) mass is 1020 g/mol. The highest BCUT2D eigenvalue weighted by atomic mass is 79.9. The molecular weight excluding hydrogens is 956 g/mol. The standard InChI is InChI=1S/C23H27N5OS.C15H23N5S2.C10H11BrO.H3P/c1-3-16-5-4-6-17(15-16)20(29)21-22(24)26-23(30-21)25-18-7-9-19(10-8-18)28-13-11-27(2)12-14-28;1-3-22-14(16)18-15(21)17-12-4-6-13(7-5-12)20-10-8-19(2)9-11-20;1-2-8-4-3-5-9(6-8)10(12)7-11;/h4-10,15H,3,11-14,24H2,1-2H3,(H,25,26);4-7H,3,8-11H2,1-2H3,(H3,16,17,18,21);3-6H,2,7H2,1H3;1H3. The number of carbonyl (C=O) groups excluding carboxylic acids is 2. The van der Waals surface area contributed by atoms with Crippen LogP contribution in [-0.4, -0.2) is 114 Å². The molecule has 3 heterocycles. The molecule has 0 spiro atoms. The van der Waals surface area contributed by atoms with E-state index in [-0.39, 0.29) is 27.3 Å². The number of hydrogen-bond donors (Lipinski definition) is 4. The van der Waals surface area contributed by atoms with Crippen LogP contribution >= 0.6 is 61.1 Å². The maximum atomic E-state index is 12.9. The van der Waals surface area contributed by atoms with Gasteiger partial charge in [-0.3, -0.25) is 9.59 Å². The number of rotatable bonds is 12. The fourth-order valence-corrected chi connectivity index (χ4v) is 8.77. The number of amidine groups is 1. The van der Waals surface area contributed by atoms with Crippen LogP contribution in [0, 0.1) is 0 Å². The molecule has 7 rings (SSSR count). The minimum absolute atomic E-state index is 0. The molecule has 1 atom stereocenters. The van der Waals surface area contributed by atoms with Gasteiger partial charge in [0.2, 0.25) is 5.78 Å². The lowest BCUT2D eigenvalue weighted by Gasteiger charge is -2.34. The second-order valence-electron chi connectivity index (χ2n) is 15.3. The van der Waals surface area contributed by atoms with Crippen LogP contribution < -0.4 is 31.9 Å². The average molecular weight is 1020 g/mol. The number of thioether (sulfide) groups is 1. The highest BCUT2D eigenvalue weighted by Gasteiger charge is 2.19. The van der Waals surface area contributed by atoms with Crippen molar-refractivity contribution in [2.75, 3.05) is 104 Å². The molecule has 12 nitrogen and oxygen atoms in total. The molecule has 2 saturated heterocycles. The number of hydrogen-bond acceptors (Lipinski definition) is 12. The third kappa shape index (κ3) is 16.8. The minimum atomic E-state index is -0.0845. The van der Waals surface area contributed by atoms with Crippen molar-refractivity contribution in [3.05, 3.63) is 124 Å². The van der Waals surface area contributed by atoms with E-state index >= 15 is 0 Å². The van der Waals surface area contributed by atoms with Gasteiger partial charge in [-0.2, -0.15) is 14.9 Å². The fourth-order valence-electron chi connectivity index (χ4n) is 6.85. The summed E-state index contributed by atoms with van der Waals surface area (Å²) in [7, 11) is 4.32. The lowest BCUT2D eigenvalue weighted by Crippen LogP contribution is -2.44. The first-order chi connectivity index (χ1) is 30.9. The summed E-state index contributed by atoms with van der Waals surface area (Å²) in [5.74, 6) is 1.21. The number of Topliss-reactive ketones (excluding diaryl/α,β-unsaturated/α-hetero) is 1. The number of ketones is 2. The highest BCUT2D eigenvalue weighted by molar-refractivity contribution is 9.09. The molecule has 348 valence electrons. The molecule has 0 amide bonds.